The standard InChI is InChI=1S/C33H48N6O9S6/c1-22-10-49-16-25(17-50-11-22)46-28(40)34-4-7-37-31(43)38(8-5-35-29(41)47-26-18-51-12-23(2)13-52-19-26)33(45)39(32(37)44)9-6-36-30(42)48-27-20-53-14-24(3)15-54-21-27/h25-27H,1-21H2,(H,34,40)(H,35,41)(H,36,42). The number of rotatable bonds is 12. The second-order valence-electron chi connectivity index (χ2n) is 12.5. The molecule has 3 aliphatic rings. The van der Waals surface area contributed by atoms with Crippen LogP contribution in [0.5, 0.6) is 0 Å². The fourth-order valence-electron chi connectivity index (χ4n) is 5.13. The minimum Gasteiger partial charge on any atom is -0.444 e. The predicted octanol–water partition coefficient (Wildman–Crippen LogP) is 2.56. The van der Waals surface area contributed by atoms with E-state index < -0.39 is 35.3 Å². The molecule has 0 spiro atoms. The molecule has 0 aliphatic carbocycles. The van der Waals surface area contributed by atoms with Crippen molar-refractivity contribution in [1.82, 2.24) is 29.7 Å². The Morgan fingerprint density at radius 3 is 0.926 bits per heavy atom. The number of carbonyl (C=O) groups is 3. The third-order valence-corrected chi connectivity index (χ3v) is 15.0. The van der Waals surface area contributed by atoms with Crippen molar-refractivity contribution in [2.45, 2.75) is 37.9 Å². The molecule has 4 heterocycles. The van der Waals surface area contributed by atoms with Gasteiger partial charge in [-0.1, -0.05) is 36.5 Å². The summed E-state index contributed by atoms with van der Waals surface area (Å²) in [6.07, 6.45) is -3.02. The first-order valence-corrected chi connectivity index (χ1v) is 24.2. The summed E-state index contributed by atoms with van der Waals surface area (Å²) in [5.74, 6) is 8.41. The van der Waals surface area contributed by atoms with Gasteiger partial charge in [0.2, 0.25) is 0 Å². The van der Waals surface area contributed by atoms with E-state index in [0.717, 1.165) is 64.9 Å². The molecule has 3 saturated heterocycles. The summed E-state index contributed by atoms with van der Waals surface area (Å²) in [6, 6.07) is 0. The molecule has 15 nitrogen and oxygen atoms in total. The lowest BCUT2D eigenvalue weighted by Gasteiger charge is -2.21. The number of thioether (sulfide) groups is 6. The molecule has 3 aliphatic heterocycles. The van der Waals surface area contributed by atoms with Gasteiger partial charge in [0.05, 0.1) is 0 Å². The van der Waals surface area contributed by atoms with Crippen LogP contribution >= 0.6 is 70.6 Å². The van der Waals surface area contributed by atoms with Gasteiger partial charge < -0.3 is 30.2 Å². The van der Waals surface area contributed by atoms with Crippen LogP contribution < -0.4 is 33.0 Å². The number of ether oxygens (including phenoxy) is 3. The molecule has 0 bridgehead atoms. The minimum absolute atomic E-state index is 0.138. The Kier molecular flexibility index (Phi) is 19.3. The number of alkyl carbamates (subject to hydrolysis) is 3. The van der Waals surface area contributed by atoms with Crippen LogP contribution in [0.25, 0.3) is 0 Å². The first-order chi connectivity index (χ1) is 26.0. The van der Waals surface area contributed by atoms with Crippen molar-refractivity contribution in [2.24, 2.45) is 0 Å². The lowest BCUT2D eigenvalue weighted by molar-refractivity contribution is 0.118. The van der Waals surface area contributed by atoms with Crippen molar-refractivity contribution >= 4 is 88.9 Å². The second-order valence-corrected chi connectivity index (χ2v) is 18.7. The van der Waals surface area contributed by atoms with Gasteiger partial charge in [-0.25, -0.2) is 42.5 Å². The number of nitrogens with one attached hydrogen (secondary N) is 3. The van der Waals surface area contributed by atoms with E-state index in [0.29, 0.717) is 34.5 Å². The fraction of sp³-hybridized carbons (Fsp3) is 0.636. The average Bonchev–Trinajstić information content (AvgIpc) is 3.09. The Hall–Kier alpha value is -2.46. The van der Waals surface area contributed by atoms with Crippen molar-refractivity contribution in [3.05, 3.63) is 67.9 Å². The summed E-state index contributed by atoms with van der Waals surface area (Å²) in [6.45, 7) is 10.8. The van der Waals surface area contributed by atoms with Crippen molar-refractivity contribution in [3.8, 4) is 0 Å². The van der Waals surface area contributed by atoms with Crippen LogP contribution in [0.3, 0.4) is 0 Å². The molecule has 0 saturated carbocycles. The van der Waals surface area contributed by atoms with E-state index >= 15 is 0 Å². The molecule has 3 amide bonds. The predicted molar refractivity (Wildman–Crippen MR) is 225 cm³/mol. The van der Waals surface area contributed by atoms with Crippen LogP contribution in [0.4, 0.5) is 14.4 Å². The smallest absolute Gasteiger partial charge is 0.407 e. The van der Waals surface area contributed by atoms with Crippen molar-refractivity contribution in [3.63, 3.8) is 0 Å². The zero-order valence-corrected chi connectivity index (χ0v) is 34.9. The van der Waals surface area contributed by atoms with E-state index in [1.54, 1.807) is 70.6 Å². The summed E-state index contributed by atoms with van der Waals surface area (Å²) < 4.78 is 19.2. The topological polar surface area (TPSA) is 181 Å². The van der Waals surface area contributed by atoms with E-state index in [9.17, 15) is 28.8 Å². The number of amides is 3. The van der Waals surface area contributed by atoms with Crippen LogP contribution in [-0.4, -0.2) is 139 Å². The molecule has 3 N–H and O–H groups in total. The molecule has 3 fully saturated rings. The van der Waals surface area contributed by atoms with Crippen molar-refractivity contribution in [1.29, 1.82) is 0 Å². The maximum Gasteiger partial charge on any atom is 0.407 e. The largest absolute Gasteiger partial charge is 0.444 e. The van der Waals surface area contributed by atoms with Crippen LogP contribution in [0.2, 0.25) is 0 Å². The SMILES string of the molecule is C=C1CSCC(OC(=O)NCCn2c(=O)n(CCNC(=O)OC3CSCC(=C)CSC3)c(=O)n(CCNC(=O)OC3CSCC(=C)CSC3)c2=O)CSC1. The highest BCUT2D eigenvalue weighted by Gasteiger charge is 2.22. The summed E-state index contributed by atoms with van der Waals surface area (Å²) in [7, 11) is 0. The minimum atomic E-state index is -0.915. The van der Waals surface area contributed by atoms with Crippen molar-refractivity contribution in [2.75, 3.05) is 88.7 Å². The molecule has 300 valence electrons. The van der Waals surface area contributed by atoms with Gasteiger partial charge in [0.15, 0.2) is 0 Å². The maximum absolute atomic E-state index is 13.5. The number of aromatic nitrogens is 3. The quantitative estimate of drug-likeness (QED) is 0.206. The van der Waals surface area contributed by atoms with Gasteiger partial charge >= 0.3 is 35.3 Å². The molecule has 0 radical (unpaired) electrons. The van der Waals surface area contributed by atoms with Gasteiger partial charge in [-0.15, -0.1) is 0 Å². The Labute approximate surface area is 339 Å². The third-order valence-electron chi connectivity index (χ3n) is 7.68. The highest BCUT2D eigenvalue weighted by atomic mass is 32.2. The lowest BCUT2D eigenvalue weighted by Crippen LogP contribution is -2.56. The molecular weight excluding hydrogens is 817 g/mol. The second kappa shape index (κ2) is 23.6. The number of hydrogen-bond donors (Lipinski definition) is 3. The Morgan fingerprint density at radius 1 is 0.481 bits per heavy atom. The van der Waals surface area contributed by atoms with E-state index in [-0.39, 0.29) is 57.6 Å². The Bertz CT molecular complexity index is 1430. The van der Waals surface area contributed by atoms with Gasteiger partial charge in [-0.05, 0) is 0 Å². The maximum atomic E-state index is 13.5. The van der Waals surface area contributed by atoms with E-state index in [4.69, 9.17) is 14.2 Å². The van der Waals surface area contributed by atoms with Crippen LogP contribution in [0.1, 0.15) is 0 Å². The number of nitrogens with zero attached hydrogens (tertiary/aromatic N) is 3. The normalized spacial score (nSPS) is 18.6. The van der Waals surface area contributed by atoms with Gasteiger partial charge in [0, 0.05) is 108 Å². The van der Waals surface area contributed by atoms with Crippen LogP contribution in [-0.2, 0) is 33.8 Å². The van der Waals surface area contributed by atoms with E-state index in [1.807, 2.05) is 0 Å². The fourth-order valence-corrected chi connectivity index (χ4v) is 11.7. The van der Waals surface area contributed by atoms with E-state index in [1.165, 1.54) is 0 Å². The highest BCUT2D eigenvalue weighted by Crippen LogP contribution is 2.23. The zero-order valence-electron chi connectivity index (χ0n) is 30.0. The third kappa shape index (κ3) is 15.2. The summed E-state index contributed by atoms with van der Waals surface area (Å²) in [4.78, 5) is 78.4. The molecule has 4 rings (SSSR count). The molecule has 54 heavy (non-hydrogen) atoms. The van der Waals surface area contributed by atoms with Gasteiger partial charge in [0.25, 0.3) is 0 Å². The zero-order chi connectivity index (χ0) is 38.9. The first kappa shape index (κ1) is 44.3. The van der Waals surface area contributed by atoms with Gasteiger partial charge in [0.1, 0.15) is 18.3 Å². The van der Waals surface area contributed by atoms with Crippen LogP contribution in [0, 0.1) is 0 Å². The molecule has 1 aromatic rings. The van der Waals surface area contributed by atoms with Crippen LogP contribution in [0.15, 0.2) is 50.8 Å². The summed E-state index contributed by atoms with van der Waals surface area (Å²) >= 11 is 9.81. The monoisotopic (exact) mass is 864 g/mol. The average molecular weight is 865 g/mol. The molecule has 1 aromatic heterocycles. The molecular formula is C33H48N6O9S6. The number of hydrogen-bond acceptors (Lipinski definition) is 15. The summed E-state index contributed by atoms with van der Waals surface area (Å²) in [5, 5.41) is 7.77. The van der Waals surface area contributed by atoms with Gasteiger partial charge in [-0.3, -0.25) is 0 Å². The highest BCUT2D eigenvalue weighted by molar-refractivity contribution is 8.02. The van der Waals surface area contributed by atoms with Gasteiger partial charge in [-0.2, -0.15) is 70.6 Å². The molecule has 0 aromatic carbocycles. The molecule has 0 unspecified atom stereocenters. The first-order valence-electron chi connectivity index (χ1n) is 17.2. The lowest BCUT2D eigenvalue weighted by atomic mass is 10.4. The molecule has 21 heteroatoms. The Morgan fingerprint density at radius 2 is 0.704 bits per heavy atom. The number of carbonyl (C=O) groups excluding carboxylic acids is 3. The summed E-state index contributed by atoms with van der Waals surface area (Å²) in [5.41, 5.74) is 0.639. The Balaban J connectivity index is 1.39. The van der Waals surface area contributed by atoms with E-state index in [2.05, 4.69) is 35.7 Å². The molecule has 0 atom stereocenters. The van der Waals surface area contributed by atoms with Crippen molar-refractivity contribution < 1.29 is 28.6 Å².